The van der Waals surface area contributed by atoms with Crippen molar-refractivity contribution in [1.82, 2.24) is 30.0 Å². The number of carbonyl (C=O) groups excluding carboxylic acids is 1. The number of phenols is 1. The van der Waals surface area contributed by atoms with Crippen LogP contribution in [0.3, 0.4) is 0 Å². The average Bonchev–Trinajstić information content (AvgIpc) is 3.96. The van der Waals surface area contributed by atoms with Crippen molar-refractivity contribution in [3.63, 3.8) is 0 Å². The van der Waals surface area contributed by atoms with E-state index < -0.39 is 46.3 Å². The van der Waals surface area contributed by atoms with Crippen LogP contribution in [-0.4, -0.2) is 73.0 Å². The molecule has 2 heterocycles. The number of halogens is 7. The third-order valence-electron chi connectivity index (χ3n) is 9.34. The summed E-state index contributed by atoms with van der Waals surface area (Å²) in [5.41, 5.74) is 1.79. The average molecular weight is 1030 g/mol. The SMILES string of the molecule is C.C.CCOC(=O)C(Br)c1cccc(C(F)(F)F)c1.COc1ccc(O)c(-n2nc3ccccc3n2)c1.COc1ccc(OC(C(=O)O)c2cccc(C(F)(F)F)c2)c(-n2nc3ccccc3n2)c1. The first kappa shape index (κ1) is 53.9. The number of hydrogen-bond acceptors (Lipinski definition) is 11. The third kappa shape index (κ3) is 13.5. The number of phenolic OH excluding ortho intramolecular Hbond substituents is 1. The van der Waals surface area contributed by atoms with E-state index in [-0.39, 0.29) is 49.8 Å². The van der Waals surface area contributed by atoms with E-state index in [4.69, 9.17) is 18.9 Å². The van der Waals surface area contributed by atoms with Gasteiger partial charge < -0.3 is 29.2 Å². The van der Waals surface area contributed by atoms with Crippen LogP contribution in [0.4, 0.5) is 26.3 Å². The standard InChI is InChI=1S/C22H16F3N3O4.C13H11N3O2.C11H10BrF3O2.2CH4/c1-31-15-9-10-19(18(12-15)28-26-16-7-2-3-8-17(16)27-28)32-20(21(29)30)13-5-4-6-14(11-13)22(23,24)25;1-18-9-6-7-13(17)12(8-9)16-14-10-4-2-3-5-11(10)15-16;1-2-17-10(16)9(12)7-4-3-5-8(6-7)11(13,14)15;;/h2-12,20H,1H3,(H,29,30);2-8,17H,1H3;3-6,9H,2H2,1H3;2*1H4. The number of ether oxygens (including phenoxy) is 4. The number of aromatic nitrogens is 6. The van der Waals surface area contributed by atoms with Crippen molar-refractivity contribution in [3.05, 3.63) is 156 Å². The highest BCUT2D eigenvalue weighted by molar-refractivity contribution is 9.09. The minimum atomic E-state index is -4.62. The second-order valence-corrected chi connectivity index (χ2v) is 14.8. The molecule has 364 valence electrons. The Bertz CT molecular complexity index is 2930. The van der Waals surface area contributed by atoms with Crippen LogP contribution in [-0.2, 0) is 26.7 Å². The van der Waals surface area contributed by atoms with Gasteiger partial charge in [-0.25, -0.2) is 4.79 Å². The van der Waals surface area contributed by atoms with Crippen LogP contribution in [0.5, 0.6) is 23.0 Å². The number of alkyl halides is 7. The summed E-state index contributed by atoms with van der Waals surface area (Å²) in [5.74, 6) is -0.827. The zero-order valence-corrected chi connectivity index (χ0v) is 36.8. The topological polar surface area (TPSA) is 173 Å². The van der Waals surface area contributed by atoms with Crippen LogP contribution in [0.15, 0.2) is 133 Å². The Morgan fingerprint density at radius 2 is 1.06 bits per heavy atom. The van der Waals surface area contributed by atoms with Crippen molar-refractivity contribution in [3.8, 4) is 34.4 Å². The Kier molecular flexibility index (Phi) is 18.3. The van der Waals surface area contributed by atoms with Gasteiger partial charge in [0, 0.05) is 17.7 Å². The number of aliphatic carboxylic acids is 1. The number of carboxylic acid groups (broad SMARTS) is 1. The zero-order valence-electron chi connectivity index (χ0n) is 35.2. The molecule has 6 aromatic carbocycles. The maximum absolute atomic E-state index is 13.1. The van der Waals surface area contributed by atoms with Crippen molar-refractivity contribution < 1.29 is 65.1 Å². The van der Waals surface area contributed by atoms with Crippen LogP contribution < -0.4 is 14.2 Å². The van der Waals surface area contributed by atoms with E-state index >= 15 is 0 Å². The first-order valence-electron chi connectivity index (χ1n) is 19.6. The van der Waals surface area contributed by atoms with Gasteiger partial charge in [0.1, 0.15) is 61.3 Å². The molecule has 0 aliphatic rings. The molecule has 8 rings (SSSR count). The fourth-order valence-electron chi connectivity index (χ4n) is 6.10. The maximum atomic E-state index is 13.1. The fraction of sp³-hybridized carbons (Fsp3) is 0.208. The number of benzene rings is 6. The summed E-state index contributed by atoms with van der Waals surface area (Å²) in [7, 11) is 3.03. The molecule has 69 heavy (non-hydrogen) atoms. The zero-order chi connectivity index (χ0) is 48.5. The molecule has 2 aromatic heterocycles. The maximum Gasteiger partial charge on any atom is 0.416 e. The molecule has 2 unspecified atom stereocenters. The highest BCUT2D eigenvalue weighted by Crippen LogP contribution is 2.36. The van der Waals surface area contributed by atoms with E-state index in [2.05, 4.69) is 36.3 Å². The lowest BCUT2D eigenvalue weighted by Crippen LogP contribution is -2.20. The minimum Gasteiger partial charge on any atom is -0.506 e. The van der Waals surface area contributed by atoms with E-state index in [1.165, 1.54) is 47.0 Å². The van der Waals surface area contributed by atoms with Crippen LogP contribution in [0.2, 0.25) is 0 Å². The Balaban J connectivity index is 0.000000240. The van der Waals surface area contributed by atoms with Gasteiger partial charge in [0.2, 0.25) is 6.10 Å². The first-order chi connectivity index (χ1) is 31.9. The molecule has 14 nitrogen and oxygen atoms in total. The van der Waals surface area contributed by atoms with E-state index in [0.29, 0.717) is 28.2 Å². The van der Waals surface area contributed by atoms with Crippen LogP contribution >= 0.6 is 15.9 Å². The molecule has 8 aromatic rings. The van der Waals surface area contributed by atoms with Crippen LogP contribution in [0.25, 0.3) is 33.4 Å². The van der Waals surface area contributed by atoms with Gasteiger partial charge in [0.15, 0.2) is 0 Å². The molecule has 0 aliphatic carbocycles. The van der Waals surface area contributed by atoms with Crippen molar-refractivity contribution in [2.45, 2.75) is 45.1 Å². The normalized spacial score (nSPS) is 11.9. The summed E-state index contributed by atoms with van der Waals surface area (Å²) in [5, 5.41) is 36.9. The molecular weight excluding hydrogens is 982 g/mol. The van der Waals surface area contributed by atoms with E-state index in [9.17, 15) is 46.1 Å². The Hall–Kier alpha value is -7.68. The number of hydrogen-bond donors (Lipinski definition) is 2. The van der Waals surface area contributed by atoms with Gasteiger partial charge in [-0.05, 0) is 79.2 Å². The van der Waals surface area contributed by atoms with Crippen LogP contribution in [0.1, 0.15) is 55.0 Å². The predicted molar refractivity (Wildman–Crippen MR) is 248 cm³/mol. The van der Waals surface area contributed by atoms with Crippen LogP contribution in [0, 0.1) is 0 Å². The lowest BCUT2D eigenvalue weighted by molar-refractivity contribution is -0.146. The van der Waals surface area contributed by atoms with E-state index in [0.717, 1.165) is 41.4 Å². The van der Waals surface area contributed by atoms with Crippen molar-refractivity contribution in [1.29, 1.82) is 0 Å². The smallest absolute Gasteiger partial charge is 0.416 e. The molecule has 0 fully saturated rings. The molecule has 21 heteroatoms. The molecule has 0 radical (unpaired) electrons. The second kappa shape index (κ2) is 23.4. The molecule has 2 N–H and O–H groups in total. The van der Waals surface area contributed by atoms with Gasteiger partial charge in [-0.1, -0.05) is 85.4 Å². The number of nitrogens with zero attached hydrogens (tertiary/aromatic N) is 6. The van der Waals surface area contributed by atoms with Gasteiger partial charge in [0.25, 0.3) is 0 Å². The number of carboxylic acids is 1. The minimum absolute atomic E-state index is 0. The summed E-state index contributed by atoms with van der Waals surface area (Å²) in [4.78, 5) is 25.0. The number of rotatable bonds is 11. The quantitative estimate of drug-likeness (QED) is 0.0714. The van der Waals surface area contributed by atoms with Gasteiger partial charge in [-0.3, -0.25) is 4.79 Å². The number of aromatic hydroxyl groups is 1. The first-order valence-corrected chi connectivity index (χ1v) is 20.6. The highest BCUT2D eigenvalue weighted by Gasteiger charge is 2.33. The number of methoxy groups -OCH3 is 2. The van der Waals surface area contributed by atoms with E-state index in [1.54, 1.807) is 62.6 Å². The number of fused-ring (bicyclic) bond motifs is 2. The largest absolute Gasteiger partial charge is 0.506 e. The van der Waals surface area contributed by atoms with Gasteiger partial charge in [-0.15, -0.1) is 30.0 Å². The third-order valence-corrected chi connectivity index (χ3v) is 10.2. The Morgan fingerprint density at radius 3 is 1.51 bits per heavy atom. The lowest BCUT2D eigenvalue weighted by Gasteiger charge is -2.19. The summed E-state index contributed by atoms with van der Waals surface area (Å²) >= 11 is 3.01. The van der Waals surface area contributed by atoms with Crippen molar-refractivity contribution >= 4 is 49.9 Å². The van der Waals surface area contributed by atoms with E-state index in [1.807, 2.05) is 24.3 Å². The number of carbonyl (C=O) groups is 2. The summed E-state index contributed by atoms with van der Waals surface area (Å²) in [6, 6.07) is 32.7. The monoisotopic (exact) mass is 1030 g/mol. The lowest BCUT2D eigenvalue weighted by atomic mass is 10.1. The highest BCUT2D eigenvalue weighted by atomic mass is 79.9. The summed E-state index contributed by atoms with van der Waals surface area (Å²) < 4.78 is 97.4. The van der Waals surface area contributed by atoms with Gasteiger partial charge in [0.05, 0.1) is 32.0 Å². The molecule has 0 saturated heterocycles. The fourth-order valence-corrected chi connectivity index (χ4v) is 6.51. The molecular formula is C48H45BrF6N6O8. The summed E-state index contributed by atoms with van der Waals surface area (Å²) in [6.07, 6.45) is -10.7. The molecule has 0 amide bonds. The molecule has 0 aliphatic heterocycles. The Labute approximate surface area is 399 Å². The van der Waals surface area contributed by atoms with Crippen molar-refractivity contribution in [2.24, 2.45) is 0 Å². The molecule has 0 saturated carbocycles. The van der Waals surface area contributed by atoms with Gasteiger partial charge in [-0.2, -0.15) is 26.3 Å². The molecule has 0 bridgehead atoms. The van der Waals surface area contributed by atoms with Crippen molar-refractivity contribution in [2.75, 3.05) is 20.8 Å². The molecule has 2 atom stereocenters. The number of esters is 1. The molecule has 0 spiro atoms. The predicted octanol–water partition coefficient (Wildman–Crippen LogP) is 11.8. The summed E-state index contributed by atoms with van der Waals surface area (Å²) in [6.45, 7) is 1.81. The van der Waals surface area contributed by atoms with Gasteiger partial charge >= 0.3 is 24.3 Å². The Morgan fingerprint density at radius 1 is 0.623 bits per heavy atom. The second-order valence-electron chi connectivity index (χ2n) is 13.8.